The van der Waals surface area contributed by atoms with Gasteiger partial charge in [-0.15, -0.1) is 0 Å². The maximum absolute atomic E-state index is 12.3. The highest BCUT2D eigenvalue weighted by Gasteiger charge is 2.24. The molecular weight excluding hydrogens is 374 g/mol. The smallest absolute Gasteiger partial charge is 0.353 e. The summed E-state index contributed by atoms with van der Waals surface area (Å²) in [5.74, 6) is -0.167. The fourth-order valence-corrected chi connectivity index (χ4v) is 4.10. The third-order valence-electron chi connectivity index (χ3n) is 6.01. The average Bonchev–Trinajstić information content (AvgIpc) is 3.46. The summed E-state index contributed by atoms with van der Waals surface area (Å²) < 4.78 is 7.78. The number of aromatic carboxylic acids is 1. The molecule has 1 aromatic heterocycles. The number of carbonyl (C=O) groups is 1. The van der Waals surface area contributed by atoms with E-state index >= 15 is 0 Å². The van der Waals surface area contributed by atoms with E-state index in [1.54, 1.807) is 0 Å². The molecule has 3 aromatic rings. The van der Waals surface area contributed by atoms with E-state index in [4.69, 9.17) is 4.74 Å². The topological polar surface area (TPSA) is 51.5 Å². The van der Waals surface area contributed by atoms with Crippen molar-refractivity contribution in [1.29, 1.82) is 0 Å². The molecule has 0 radical (unpaired) electrons. The van der Waals surface area contributed by atoms with Crippen molar-refractivity contribution in [3.63, 3.8) is 0 Å². The zero-order valence-corrected chi connectivity index (χ0v) is 18.4. The molecule has 1 heterocycles. The Morgan fingerprint density at radius 2 is 1.83 bits per heavy atom. The highest BCUT2D eigenvalue weighted by atomic mass is 16.5. The molecule has 0 spiro atoms. The van der Waals surface area contributed by atoms with Gasteiger partial charge in [0.15, 0.2) is 0 Å². The van der Waals surface area contributed by atoms with Crippen molar-refractivity contribution in [2.24, 2.45) is 5.92 Å². The third-order valence-corrected chi connectivity index (χ3v) is 6.01. The van der Waals surface area contributed by atoms with Crippen molar-refractivity contribution in [2.45, 2.75) is 59.1 Å². The van der Waals surface area contributed by atoms with Gasteiger partial charge in [-0.3, -0.25) is 0 Å². The van der Waals surface area contributed by atoms with Gasteiger partial charge in [-0.05, 0) is 59.9 Å². The van der Waals surface area contributed by atoms with Crippen LogP contribution < -0.4 is 0 Å². The molecule has 0 unspecified atom stereocenters. The van der Waals surface area contributed by atoms with Gasteiger partial charge in [-0.25, -0.2) is 4.79 Å². The molecule has 1 aliphatic rings. The van der Waals surface area contributed by atoms with Gasteiger partial charge in [-0.1, -0.05) is 51.1 Å². The summed E-state index contributed by atoms with van der Waals surface area (Å²) in [7, 11) is 0. The van der Waals surface area contributed by atoms with Crippen LogP contribution in [0.1, 0.15) is 62.2 Å². The van der Waals surface area contributed by atoms with E-state index in [2.05, 4.69) is 57.2 Å². The van der Waals surface area contributed by atoms with Crippen LogP contribution in [0.5, 0.6) is 0 Å². The van der Waals surface area contributed by atoms with Gasteiger partial charge in [0, 0.05) is 29.6 Å². The summed E-state index contributed by atoms with van der Waals surface area (Å²) in [5, 5.41) is 11.0. The Hall–Kier alpha value is -2.59. The molecule has 158 valence electrons. The molecule has 30 heavy (non-hydrogen) atoms. The summed E-state index contributed by atoms with van der Waals surface area (Å²) in [4.78, 5) is 12.3. The lowest BCUT2D eigenvalue weighted by Gasteiger charge is -2.19. The van der Waals surface area contributed by atoms with Crippen LogP contribution >= 0.6 is 0 Å². The molecule has 1 fully saturated rings. The Balaban J connectivity index is 1.81. The fraction of sp³-hybridized carbons (Fsp3) is 0.423. The number of aromatic nitrogens is 1. The second kappa shape index (κ2) is 7.92. The quantitative estimate of drug-likeness (QED) is 0.505. The standard InChI is InChI=1S/C26H31NO3/c1-5-27-22-13-8-18(16-30-15-17-6-7-17)14-21(22)23(24(27)25(28)29)19-9-11-20(12-10-19)26(2,3)4/h8-14,17H,5-7,15-16H2,1-4H3,(H,28,29). The molecule has 0 atom stereocenters. The SMILES string of the molecule is CCn1c(C(=O)O)c(-c2ccc(C(C)(C)C)cc2)c2cc(COCC3CC3)ccc21. The molecule has 4 rings (SSSR count). The molecule has 1 aliphatic carbocycles. The highest BCUT2D eigenvalue weighted by molar-refractivity contribution is 6.08. The molecular formula is C26H31NO3. The van der Waals surface area contributed by atoms with E-state index in [1.165, 1.54) is 18.4 Å². The third kappa shape index (κ3) is 4.01. The minimum Gasteiger partial charge on any atom is -0.477 e. The molecule has 0 saturated heterocycles. The Kier molecular flexibility index (Phi) is 5.46. The number of carboxylic acid groups (broad SMARTS) is 1. The van der Waals surface area contributed by atoms with E-state index < -0.39 is 5.97 Å². The van der Waals surface area contributed by atoms with Crippen LogP contribution in [0.25, 0.3) is 22.0 Å². The Labute approximate surface area is 178 Å². The number of nitrogens with zero attached hydrogens (tertiary/aromatic N) is 1. The number of benzene rings is 2. The van der Waals surface area contributed by atoms with Crippen molar-refractivity contribution in [2.75, 3.05) is 6.61 Å². The summed E-state index contributed by atoms with van der Waals surface area (Å²) in [6.07, 6.45) is 2.55. The van der Waals surface area contributed by atoms with Crippen LogP contribution in [-0.4, -0.2) is 22.2 Å². The number of hydrogen-bond donors (Lipinski definition) is 1. The first-order valence-corrected chi connectivity index (χ1v) is 10.9. The van der Waals surface area contributed by atoms with Crippen LogP contribution in [0.3, 0.4) is 0 Å². The van der Waals surface area contributed by atoms with Gasteiger partial charge >= 0.3 is 5.97 Å². The van der Waals surface area contributed by atoms with Gasteiger partial charge in [0.05, 0.1) is 6.61 Å². The maximum atomic E-state index is 12.3. The first-order chi connectivity index (χ1) is 14.3. The molecule has 1 saturated carbocycles. The van der Waals surface area contributed by atoms with Gasteiger partial charge in [0.2, 0.25) is 0 Å². The number of carboxylic acids is 1. The zero-order chi connectivity index (χ0) is 21.5. The first-order valence-electron chi connectivity index (χ1n) is 10.9. The Morgan fingerprint density at radius 3 is 2.40 bits per heavy atom. The highest BCUT2D eigenvalue weighted by Crippen LogP contribution is 2.37. The second-order valence-corrected chi connectivity index (χ2v) is 9.41. The number of hydrogen-bond acceptors (Lipinski definition) is 2. The van der Waals surface area contributed by atoms with Crippen LogP contribution in [-0.2, 0) is 23.3 Å². The lowest BCUT2D eigenvalue weighted by Crippen LogP contribution is -2.11. The Morgan fingerprint density at radius 1 is 1.13 bits per heavy atom. The second-order valence-electron chi connectivity index (χ2n) is 9.41. The molecule has 4 nitrogen and oxygen atoms in total. The van der Waals surface area contributed by atoms with E-state index in [1.807, 2.05) is 17.6 Å². The lowest BCUT2D eigenvalue weighted by molar-refractivity contribution is 0.0687. The monoisotopic (exact) mass is 405 g/mol. The Bertz CT molecular complexity index is 1070. The van der Waals surface area contributed by atoms with Crippen molar-refractivity contribution < 1.29 is 14.6 Å². The summed E-state index contributed by atoms with van der Waals surface area (Å²) in [6, 6.07) is 14.5. The largest absolute Gasteiger partial charge is 0.477 e. The van der Waals surface area contributed by atoms with Crippen LogP contribution in [0.2, 0.25) is 0 Å². The molecule has 0 bridgehead atoms. The average molecular weight is 406 g/mol. The van der Waals surface area contributed by atoms with Gasteiger partial charge in [0.1, 0.15) is 5.69 Å². The van der Waals surface area contributed by atoms with Crippen LogP contribution in [0, 0.1) is 5.92 Å². The van der Waals surface area contributed by atoms with Crippen molar-refractivity contribution in [3.8, 4) is 11.1 Å². The van der Waals surface area contributed by atoms with E-state index in [0.717, 1.165) is 40.1 Å². The van der Waals surface area contributed by atoms with Crippen molar-refractivity contribution in [3.05, 3.63) is 59.3 Å². The normalized spacial score (nSPS) is 14.4. The minimum absolute atomic E-state index is 0.0532. The van der Waals surface area contributed by atoms with Crippen molar-refractivity contribution >= 4 is 16.9 Å². The predicted molar refractivity (Wildman–Crippen MR) is 121 cm³/mol. The summed E-state index contributed by atoms with van der Waals surface area (Å²) >= 11 is 0. The van der Waals surface area contributed by atoms with E-state index in [-0.39, 0.29) is 5.41 Å². The van der Waals surface area contributed by atoms with Crippen LogP contribution in [0.4, 0.5) is 0 Å². The summed E-state index contributed by atoms with van der Waals surface area (Å²) in [5.41, 5.74) is 5.41. The van der Waals surface area contributed by atoms with Gasteiger partial charge in [0.25, 0.3) is 0 Å². The number of ether oxygens (including phenoxy) is 1. The first kappa shape index (κ1) is 20.7. The zero-order valence-electron chi connectivity index (χ0n) is 18.4. The van der Waals surface area contributed by atoms with E-state index in [9.17, 15) is 9.90 Å². The van der Waals surface area contributed by atoms with Gasteiger partial charge in [-0.2, -0.15) is 0 Å². The molecule has 0 amide bonds. The lowest BCUT2D eigenvalue weighted by atomic mass is 9.86. The molecule has 4 heteroatoms. The van der Waals surface area contributed by atoms with Gasteiger partial charge < -0.3 is 14.4 Å². The maximum Gasteiger partial charge on any atom is 0.353 e. The van der Waals surface area contributed by atoms with Crippen LogP contribution in [0.15, 0.2) is 42.5 Å². The number of fused-ring (bicyclic) bond motifs is 1. The summed E-state index contributed by atoms with van der Waals surface area (Å²) in [6.45, 7) is 10.5. The number of rotatable bonds is 7. The molecule has 1 N–H and O–H groups in total. The molecule has 2 aromatic carbocycles. The molecule has 0 aliphatic heterocycles. The fourth-order valence-electron chi connectivity index (χ4n) is 4.10. The number of aryl methyl sites for hydroxylation is 1. The minimum atomic E-state index is -0.894. The van der Waals surface area contributed by atoms with Crippen molar-refractivity contribution in [1.82, 2.24) is 4.57 Å². The van der Waals surface area contributed by atoms with E-state index in [0.29, 0.717) is 18.8 Å². The predicted octanol–water partition coefficient (Wildman–Crippen LogP) is 6.25.